The Morgan fingerprint density at radius 2 is 2.27 bits per heavy atom. The van der Waals surface area contributed by atoms with Gasteiger partial charge in [-0.1, -0.05) is 0 Å². The van der Waals surface area contributed by atoms with Crippen LogP contribution >= 0.6 is 0 Å². The monoisotopic (exact) mass is 203 g/mol. The first-order valence-corrected chi connectivity index (χ1v) is 4.93. The third-order valence-electron chi connectivity index (χ3n) is 1.97. The fraction of sp³-hybridized carbons (Fsp3) is 0.273. The third kappa shape index (κ3) is 2.15. The van der Waals surface area contributed by atoms with E-state index in [0.29, 0.717) is 0 Å². The van der Waals surface area contributed by atoms with Gasteiger partial charge in [0.1, 0.15) is 17.3 Å². The van der Waals surface area contributed by atoms with Gasteiger partial charge in [0.15, 0.2) is 5.76 Å². The van der Waals surface area contributed by atoms with Gasteiger partial charge in [-0.15, -0.1) is 0 Å². The van der Waals surface area contributed by atoms with Crippen LogP contribution in [0.25, 0.3) is 11.5 Å². The second-order valence-electron chi connectivity index (χ2n) is 3.19. The fourth-order valence-electron chi connectivity index (χ4n) is 1.39. The van der Waals surface area contributed by atoms with Crippen LogP contribution in [0.15, 0.2) is 28.9 Å². The summed E-state index contributed by atoms with van der Waals surface area (Å²) in [4.78, 5) is 8.58. The van der Waals surface area contributed by atoms with Gasteiger partial charge in [0.2, 0.25) is 0 Å². The molecule has 0 unspecified atom stereocenters. The second kappa shape index (κ2) is 4.13. The number of rotatable bonds is 3. The first-order valence-electron chi connectivity index (χ1n) is 4.93. The van der Waals surface area contributed by atoms with Crippen LogP contribution in [0.5, 0.6) is 0 Å². The zero-order chi connectivity index (χ0) is 10.7. The van der Waals surface area contributed by atoms with Crippen molar-refractivity contribution in [3.8, 4) is 11.5 Å². The highest BCUT2D eigenvalue weighted by atomic mass is 16.3. The van der Waals surface area contributed by atoms with Gasteiger partial charge >= 0.3 is 0 Å². The SMILES string of the molecule is CCNc1cc(-c2ccco2)nc(C)n1. The highest BCUT2D eigenvalue weighted by Crippen LogP contribution is 2.19. The number of nitrogens with one attached hydrogen (secondary N) is 1. The van der Waals surface area contributed by atoms with Crippen molar-refractivity contribution >= 4 is 5.82 Å². The van der Waals surface area contributed by atoms with E-state index in [1.807, 2.05) is 32.0 Å². The fourth-order valence-corrected chi connectivity index (χ4v) is 1.39. The molecule has 0 aromatic carbocycles. The summed E-state index contributed by atoms with van der Waals surface area (Å²) in [6.45, 7) is 4.74. The predicted molar refractivity (Wildman–Crippen MR) is 58.6 cm³/mol. The average molecular weight is 203 g/mol. The number of nitrogens with zero attached hydrogens (tertiary/aromatic N) is 2. The van der Waals surface area contributed by atoms with Gasteiger partial charge in [-0.3, -0.25) is 0 Å². The molecule has 0 saturated carbocycles. The van der Waals surface area contributed by atoms with Gasteiger partial charge < -0.3 is 9.73 Å². The molecule has 0 atom stereocenters. The predicted octanol–water partition coefficient (Wildman–Crippen LogP) is 2.48. The Bertz CT molecular complexity index is 437. The molecule has 78 valence electrons. The van der Waals surface area contributed by atoms with E-state index >= 15 is 0 Å². The first kappa shape index (κ1) is 9.71. The van der Waals surface area contributed by atoms with E-state index in [9.17, 15) is 0 Å². The molecule has 0 amide bonds. The van der Waals surface area contributed by atoms with Crippen molar-refractivity contribution in [3.63, 3.8) is 0 Å². The number of aryl methyl sites for hydroxylation is 1. The summed E-state index contributed by atoms with van der Waals surface area (Å²) in [5.74, 6) is 2.33. The smallest absolute Gasteiger partial charge is 0.152 e. The molecular formula is C11H13N3O. The topological polar surface area (TPSA) is 51.0 Å². The summed E-state index contributed by atoms with van der Waals surface area (Å²) in [6.07, 6.45) is 1.64. The van der Waals surface area contributed by atoms with E-state index in [4.69, 9.17) is 4.42 Å². The minimum atomic E-state index is 0.736. The summed E-state index contributed by atoms with van der Waals surface area (Å²) >= 11 is 0. The standard InChI is InChI=1S/C11H13N3O/c1-3-12-11-7-9(13-8(2)14-11)10-5-4-6-15-10/h4-7H,3H2,1-2H3,(H,12,13,14). The van der Waals surface area contributed by atoms with Crippen LogP contribution < -0.4 is 5.32 Å². The number of anilines is 1. The van der Waals surface area contributed by atoms with Crippen LogP contribution in [0.2, 0.25) is 0 Å². The molecule has 2 heterocycles. The van der Waals surface area contributed by atoms with Gasteiger partial charge in [0, 0.05) is 12.6 Å². The molecule has 4 heteroatoms. The van der Waals surface area contributed by atoms with Crippen molar-refractivity contribution in [2.45, 2.75) is 13.8 Å². The Labute approximate surface area is 88.4 Å². The Morgan fingerprint density at radius 3 is 2.93 bits per heavy atom. The van der Waals surface area contributed by atoms with Gasteiger partial charge in [-0.05, 0) is 26.0 Å². The molecular weight excluding hydrogens is 190 g/mol. The third-order valence-corrected chi connectivity index (χ3v) is 1.97. The van der Waals surface area contributed by atoms with Crippen molar-refractivity contribution in [3.05, 3.63) is 30.3 Å². The molecule has 0 radical (unpaired) electrons. The molecule has 2 rings (SSSR count). The maximum absolute atomic E-state index is 5.29. The summed E-state index contributed by atoms with van der Waals surface area (Å²) in [6, 6.07) is 5.62. The van der Waals surface area contributed by atoms with E-state index in [-0.39, 0.29) is 0 Å². The summed E-state index contributed by atoms with van der Waals surface area (Å²) in [7, 11) is 0. The Kier molecular flexibility index (Phi) is 2.67. The minimum Gasteiger partial charge on any atom is -0.463 e. The van der Waals surface area contributed by atoms with Crippen molar-refractivity contribution in [2.24, 2.45) is 0 Å². The zero-order valence-electron chi connectivity index (χ0n) is 8.82. The highest BCUT2D eigenvalue weighted by Gasteiger charge is 2.05. The van der Waals surface area contributed by atoms with Crippen molar-refractivity contribution in [1.29, 1.82) is 0 Å². The molecule has 0 fully saturated rings. The molecule has 0 bridgehead atoms. The number of furan rings is 1. The Balaban J connectivity index is 2.40. The minimum absolute atomic E-state index is 0.736. The highest BCUT2D eigenvalue weighted by molar-refractivity contribution is 5.56. The molecule has 0 spiro atoms. The normalized spacial score (nSPS) is 10.3. The van der Waals surface area contributed by atoms with E-state index < -0.39 is 0 Å². The van der Waals surface area contributed by atoms with Gasteiger partial charge in [0.25, 0.3) is 0 Å². The molecule has 0 aliphatic heterocycles. The molecule has 4 nitrogen and oxygen atoms in total. The second-order valence-corrected chi connectivity index (χ2v) is 3.19. The molecule has 1 N–H and O–H groups in total. The molecule has 0 aliphatic carbocycles. The van der Waals surface area contributed by atoms with Gasteiger partial charge in [-0.25, -0.2) is 9.97 Å². The van der Waals surface area contributed by atoms with Crippen LogP contribution in [-0.2, 0) is 0 Å². The lowest BCUT2D eigenvalue weighted by Crippen LogP contribution is -2.02. The van der Waals surface area contributed by atoms with E-state index in [1.54, 1.807) is 6.26 Å². The number of aromatic nitrogens is 2. The zero-order valence-corrected chi connectivity index (χ0v) is 8.82. The van der Waals surface area contributed by atoms with E-state index in [0.717, 1.165) is 29.6 Å². The van der Waals surface area contributed by atoms with Crippen LogP contribution in [0, 0.1) is 6.92 Å². The number of hydrogen-bond donors (Lipinski definition) is 1. The Hall–Kier alpha value is -1.84. The van der Waals surface area contributed by atoms with Crippen LogP contribution in [0.3, 0.4) is 0 Å². The Morgan fingerprint density at radius 1 is 1.40 bits per heavy atom. The molecule has 2 aromatic rings. The summed E-state index contributed by atoms with van der Waals surface area (Å²) < 4.78 is 5.29. The molecule has 0 saturated heterocycles. The van der Waals surface area contributed by atoms with Crippen LogP contribution in [-0.4, -0.2) is 16.5 Å². The summed E-state index contributed by atoms with van der Waals surface area (Å²) in [5, 5.41) is 3.16. The van der Waals surface area contributed by atoms with Gasteiger partial charge in [0.05, 0.1) is 6.26 Å². The first-order chi connectivity index (χ1) is 7.29. The van der Waals surface area contributed by atoms with Gasteiger partial charge in [-0.2, -0.15) is 0 Å². The lowest BCUT2D eigenvalue weighted by molar-refractivity contribution is 0.579. The maximum atomic E-state index is 5.29. The van der Waals surface area contributed by atoms with E-state index in [2.05, 4.69) is 15.3 Å². The van der Waals surface area contributed by atoms with E-state index in [1.165, 1.54) is 0 Å². The number of hydrogen-bond acceptors (Lipinski definition) is 4. The van der Waals surface area contributed by atoms with Crippen molar-refractivity contribution in [2.75, 3.05) is 11.9 Å². The largest absolute Gasteiger partial charge is 0.463 e. The van der Waals surface area contributed by atoms with Crippen LogP contribution in [0.1, 0.15) is 12.7 Å². The molecule has 0 aliphatic rings. The molecule has 15 heavy (non-hydrogen) atoms. The van der Waals surface area contributed by atoms with Crippen LogP contribution in [0.4, 0.5) is 5.82 Å². The summed E-state index contributed by atoms with van der Waals surface area (Å²) in [5.41, 5.74) is 0.809. The average Bonchev–Trinajstić information content (AvgIpc) is 2.70. The lowest BCUT2D eigenvalue weighted by Gasteiger charge is -2.04. The van der Waals surface area contributed by atoms with Crippen molar-refractivity contribution in [1.82, 2.24) is 9.97 Å². The lowest BCUT2D eigenvalue weighted by atomic mass is 10.3. The van der Waals surface area contributed by atoms with Crippen molar-refractivity contribution < 1.29 is 4.42 Å². The quantitative estimate of drug-likeness (QED) is 0.832. The maximum Gasteiger partial charge on any atom is 0.152 e. The molecule has 2 aromatic heterocycles.